The molecule has 1 aromatic carbocycles. The lowest BCUT2D eigenvalue weighted by Crippen LogP contribution is -2.13. The van der Waals surface area contributed by atoms with Crippen molar-refractivity contribution in [2.45, 2.75) is 18.9 Å². The van der Waals surface area contributed by atoms with Crippen LogP contribution in [-0.4, -0.2) is 19.2 Å². The van der Waals surface area contributed by atoms with Gasteiger partial charge in [-0.15, -0.1) is 0 Å². The normalized spacial score (nSPS) is 11.9. The second-order valence-corrected chi connectivity index (χ2v) is 4.60. The average molecular weight is 272 g/mol. The third-order valence-electron chi connectivity index (χ3n) is 3.30. The van der Waals surface area contributed by atoms with E-state index in [1.165, 1.54) is 5.56 Å². The maximum Gasteiger partial charge on any atom is 0.217 e. The molecule has 0 fully saturated rings. The Labute approximate surface area is 119 Å². The molecule has 106 valence electrons. The highest BCUT2D eigenvalue weighted by Gasteiger charge is 2.12. The van der Waals surface area contributed by atoms with Gasteiger partial charge in [-0.2, -0.15) is 0 Å². The van der Waals surface area contributed by atoms with E-state index in [4.69, 9.17) is 15.2 Å². The second-order valence-electron chi connectivity index (χ2n) is 4.60. The van der Waals surface area contributed by atoms with Crippen LogP contribution in [0.2, 0.25) is 0 Å². The predicted octanol–water partition coefficient (Wildman–Crippen LogP) is 2.73. The number of aryl methyl sites for hydroxylation is 1. The van der Waals surface area contributed by atoms with Crippen molar-refractivity contribution in [3.05, 3.63) is 53.7 Å². The van der Waals surface area contributed by atoms with E-state index in [1.807, 2.05) is 24.3 Å². The average Bonchev–Trinajstić information content (AvgIpc) is 2.53. The molecular formula is C16H20N2O2. The van der Waals surface area contributed by atoms with Crippen LogP contribution in [0.1, 0.15) is 23.6 Å². The summed E-state index contributed by atoms with van der Waals surface area (Å²) in [7, 11) is 3.28. The summed E-state index contributed by atoms with van der Waals surface area (Å²) in [6.07, 6.45) is 3.45. The molecule has 2 rings (SSSR count). The third-order valence-corrected chi connectivity index (χ3v) is 3.30. The zero-order valence-corrected chi connectivity index (χ0v) is 11.9. The standard InChI is InChI=1S/C16H20N2O2/c1-19-13-8-5-12(6-9-13)7-10-15(17)14-4-3-11-18-16(14)20-2/h3-6,8-9,11,15H,7,10,17H2,1-2H3. The van der Waals surface area contributed by atoms with E-state index in [0.29, 0.717) is 5.88 Å². The molecule has 1 heterocycles. The van der Waals surface area contributed by atoms with Gasteiger partial charge in [-0.25, -0.2) is 4.98 Å². The smallest absolute Gasteiger partial charge is 0.217 e. The summed E-state index contributed by atoms with van der Waals surface area (Å²) >= 11 is 0. The number of aromatic nitrogens is 1. The lowest BCUT2D eigenvalue weighted by atomic mass is 10.0. The number of pyridine rings is 1. The molecule has 1 aromatic heterocycles. The molecule has 0 saturated heterocycles. The van der Waals surface area contributed by atoms with Crippen LogP contribution >= 0.6 is 0 Å². The molecule has 20 heavy (non-hydrogen) atoms. The van der Waals surface area contributed by atoms with Crippen LogP contribution in [0, 0.1) is 0 Å². The lowest BCUT2D eigenvalue weighted by molar-refractivity contribution is 0.387. The van der Waals surface area contributed by atoms with Crippen LogP contribution in [0.5, 0.6) is 11.6 Å². The molecular weight excluding hydrogens is 252 g/mol. The molecule has 0 amide bonds. The number of ether oxygens (including phenoxy) is 2. The van der Waals surface area contributed by atoms with Gasteiger partial charge in [0.1, 0.15) is 5.75 Å². The molecule has 0 saturated carbocycles. The van der Waals surface area contributed by atoms with E-state index in [2.05, 4.69) is 17.1 Å². The zero-order chi connectivity index (χ0) is 14.4. The summed E-state index contributed by atoms with van der Waals surface area (Å²) in [4.78, 5) is 4.18. The van der Waals surface area contributed by atoms with E-state index in [0.717, 1.165) is 24.2 Å². The highest BCUT2D eigenvalue weighted by atomic mass is 16.5. The summed E-state index contributed by atoms with van der Waals surface area (Å²) in [5.74, 6) is 1.47. The fourth-order valence-electron chi connectivity index (χ4n) is 2.13. The Hall–Kier alpha value is -2.07. The molecule has 1 unspecified atom stereocenters. The van der Waals surface area contributed by atoms with Gasteiger partial charge in [-0.1, -0.05) is 18.2 Å². The Bertz CT molecular complexity index is 540. The van der Waals surface area contributed by atoms with E-state index in [-0.39, 0.29) is 6.04 Å². The van der Waals surface area contributed by atoms with Crippen LogP contribution < -0.4 is 15.2 Å². The van der Waals surface area contributed by atoms with E-state index >= 15 is 0 Å². The summed E-state index contributed by atoms with van der Waals surface area (Å²) in [5.41, 5.74) is 8.42. The number of rotatable bonds is 6. The quantitative estimate of drug-likeness (QED) is 0.878. The van der Waals surface area contributed by atoms with Crippen molar-refractivity contribution in [2.24, 2.45) is 5.73 Å². The summed E-state index contributed by atoms with van der Waals surface area (Å²) in [6.45, 7) is 0. The van der Waals surface area contributed by atoms with Gasteiger partial charge in [0.15, 0.2) is 0 Å². The van der Waals surface area contributed by atoms with Crippen LogP contribution in [0.3, 0.4) is 0 Å². The van der Waals surface area contributed by atoms with Gasteiger partial charge >= 0.3 is 0 Å². The van der Waals surface area contributed by atoms with Gasteiger partial charge < -0.3 is 15.2 Å². The minimum atomic E-state index is -0.0826. The molecule has 1 atom stereocenters. The van der Waals surface area contributed by atoms with Crippen molar-refractivity contribution in [3.8, 4) is 11.6 Å². The van der Waals surface area contributed by atoms with Gasteiger partial charge in [-0.05, 0) is 36.6 Å². The number of methoxy groups -OCH3 is 2. The summed E-state index contributed by atoms with van der Waals surface area (Å²) in [6, 6.07) is 11.8. The van der Waals surface area contributed by atoms with Crippen molar-refractivity contribution < 1.29 is 9.47 Å². The van der Waals surface area contributed by atoms with Gasteiger partial charge in [0.05, 0.1) is 14.2 Å². The monoisotopic (exact) mass is 272 g/mol. The number of benzene rings is 1. The van der Waals surface area contributed by atoms with Gasteiger partial charge in [-0.3, -0.25) is 0 Å². The molecule has 0 radical (unpaired) electrons. The molecule has 0 spiro atoms. The molecule has 0 aliphatic heterocycles. The molecule has 4 nitrogen and oxygen atoms in total. The van der Waals surface area contributed by atoms with Crippen LogP contribution in [0.4, 0.5) is 0 Å². The van der Waals surface area contributed by atoms with Gasteiger partial charge in [0, 0.05) is 17.8 Å². The Morgan fingerprint density at radius 2 is 1.85 bits per heavy atom. The Balaban J connectivity index is 1.98. The van der Waals surface area contributed by atoms with Crippen LogP contribution in [0.25, 0.3) is 0 Å². The Morgan fingerprint density at radius 3 is 2.50 bits per heavy atom. The third kappa shape index (κ3) is 3.48. The van der Waals surface area contributed by atoms with Crippen molar-refractivity contribution in [1.29, 1.82) is 0 Å². The fraction of sp³-hybridized carbons (Fsp3) is 0.312. The minimum Gasteiger partial charge on any atom is -0.497 e. The second kappa shape index (κ2) is 6.91. The SMILES string of the molecule is COc1ccc(CCC(N)c2cccnc2OC)cc1. The maximum absolute atomic E-state index is 6.23. The van der Waals surface area contributed by atoms with Gasteiger partial charge in [0.2, 0.25) is 5.88 Å². The molecule has 2 N–H and O–H groups in total. The number of hydrogen-bond donors (Lipinski definition) is 1. The Kier molecular flexibility index (Phi) is 4.96. The minimum absolute atomic E-state index is 0.0826. The van der Waals surface area contributed by atoms with Crippen LogP contribution in [0.15, 0.2) is 42.6 Å². The highest BCUT2D eigenvalue weighted by molar-refractivity contribution is 5.30. The first-order valence-electron chi connectivity index (χ1n) is 6.62. The molecule has 0 bridgehead atoms. The van der Waals surface area contributed by atoms with Crippen molar-refractivity contribution in [1.82, 2.24) is 4.98 Å². The predicted molar refractivity (Wildman–Crippen MR) is 79.0 cm³/mol. The number of nitrogens with zero attached hydrogens (tertiary/aromatic N) is 1. The first-order chi connectivity index (χ1) is 9.74. The molecule has 2 aromatic rings. The highest BCUT2D eigenvalue weighted by Crippen LogP contribution is 2.24. The van der Waals surface area contributed by atoms with Gasteiger partial charge in [0.25, 0.3) is 0 Å². The maximum atomic E-state index is 6.23. The lowest BCUT2D eigenvalue weighted by Gasteiger charge is -2.14. The number of hydrogen-bond acceptors (Lipinski definition) is 4. The first-order valence-corrected chi connectivity index (χ1v) is 6.62. The summed E-state index contributed by atoms with van der Waals surface area (Å²) in [5, 5.41) is 0. The van der Waals surface area contributed by atoms with E-state index < -0.39 is 0 Å². The molecule has 0 aliphatic carbocycles. The zero-order valence-electron chi connectivity index (χ0n) is 11.9. The molecule has 0 aliphatic rings. The van der Waals surface area contributed by atoms with E-state index in [1.54, 1.807) is 20.4 Å². The van der Waals surface area contributed by atoms with E-state index in [9.17, 15) is 0 Å². The summed E-state index contributed by atoms with van der Waals surface area (Å²) < 4.78 is 10.4. The number of nitrogens with two attached hydrogens (primary N) is 1. The topological polar surface area (TPSA) is 57.4 Å². The Morgan fingerprint density at radius 1 is 1.10 bits per heavy atom. The van der Waals surface area contributed by atoms with Crippen molar-refractivity contribution in [2.75, 3.05) is 14.2 Å². The molecule has 4 heteroatoms. The van der Waals surface area contributed by atoms with Crippen molar-refractivity contribution >= 4 is 0 Å². The van der Waals surface area contributed by atoms with Crippen molar-refractivity contribution in [3.63, 3.8) is 0 Å². The largest absolute Gasteiger partial charge is 0.497 e. The van der Waals surface area contributed by atoms with Crippen LogP contribution in [-0.2, 0) is 6.42 Å². The fourth-order valence-corrected chi connectivity index (χ4v) is 2.13. The first kappa shape index (κ1) is 14.3.